The number of aromatic nitrogens is 3. The van der Waals surface area contributed by atoms with Gasteiger partial charge in [-0.15, -0.1) is 0 Å². The number of H-pyrrole nitrogens is 1. The predicted molar refractivity (Wildman–Crippen MR) is 146 cm³/mol. The molecule has 1 aliphatic rings. The summed E-state index contributed by atoms with van der Waals surface area (Å²) in [6, 6.07) is 8.56. The normalized spacial score (nSPS) is 18.8. The molecule has 1 amide bonds. The van der Waals surface area contributed by atoms with Crippen LogP contribution in [0.15, 0.2) is 44.4 Å². The highest BCUT2D eigenvalue weighted by Gasteiger charge is 2.44. The van der Waals surface area contributed by atoms with E-state index in [0.717, 1.165) is 9.15 Å². The van der Waals surface area contributed by atoms with Crippen molar-refractivity contribution in [3.05, 3.63) is 72.5 Å². The van der Waals surface area contributed by atoms with E-state index in [1.165, 1.54) is 0 Å². The molecule has 4 rings (SSSR count). The maximum absolute atomic E-state index is 13.0. The van der Waals surface area contributed by atoms with E-state index < -0.39 is 34.4 Å². The summed E-state index contributed by atoms with van der Waals surface area (Å²) in [5, 5.41) is 4.01. The molecule has 0 spiro atoms. The Balaban J connectivity index is 1.66. The van der Waals surface area contributed by atoms with Crippen molar-refractivity contribution in [2.24, 2.45) is 11.7 Å². The van der Waals surface area contributed by atoms with Crippen LogP contribution in [-0.4, -0.2) is 39.4 Å². The minimum absolute atomic E-state index is 0.247. The van der Waals surface area contributed by atoms with Gasteiger partial charge in [0, 0.05) is 0 Å². The topological polar surface area (TPSA) is 156 Å². The number of nitrogens with one attached hydrogen (secondary N) is 1. The number of ether oxygens (including phenoxy) is 3. The molecule has 1 aromatic heterocycles. The molecule has 0 radical (unpaired) electrons. The highest BCUT2D eigenvalue weighted by molar-refractivity contribution is 9.10. The van der Waals surface area contributed by atoms with E-state index in [1.807, 2.05) is 6.92 Å². The van der Waals surface area contributed by atoms with Gasteiger partial charge in [0.05, 0.1) is 17.3 Å². The molecule has 1 fully saturated rings. The van der Waals surface area contributed by atoms with Crippen molar-refractivity contribution in [1.82, 2.24) is 14.8 Å². The number of hydrogen-bond donors (Lipinski definition) is 2. The van der Waals surface area contributed by atoms with Gasteiger partial charge in [0.15, 0.2) is 5.60 Å². The van der Waals surface area contributed by atoms with Gasteiger partial charge < -0.3 is 19.9 Å². The van der Waals surface area contributed by atoms with Crippen LogP contribution in [0.1, 0.15) is 54.2 Å². The standard InChI is InChI=1S/C27H29BrN4O7/c1-14-7-9-27(10-8-14,25(29)35)39-24(34)21-23(33)30-26(36)32(31-21)17-11-15(2)22(16(3)12-17)38-18-5-6-20(37-4)19(28)13-18/h5-6,11-14H,7-10H2,1-4H3,(H2,29,35)(H,30,33,36). The van der Waals surface area contributed by atoms with Gasteiger partial charge in [-0.25, -0.2) is 9.59 Å². The van der Waals surface area contributed by atoms with Crippen molar-refractivity contribution in [2.45, 2.75) is 52.1 Å². The third kappa shape index (κ3) is 5.75. The lowest BCUT2D eigenvalue weighted by Crippen LogP contribution is -2.50. The Morgan fingerprint density at radius 1 is 1.13 bits per heavy atom. The molecule has 1 heterocycles. The van der Waals surface area contributed by atoms with E-state index in [9.17, 15) is 19.2 Å². The average molecular weight is 601 g/mol. The van der Waals surface area contributed by atoms with Gasteiger partial charge in [0.25, 0.3) is 11.5 Å². The second-order valence-corrected chi connectivity index (χ2v) is 10.6. The van der Waals surface area contributed by atoms with Crippen LogP contribution in [0, 0.1) is 19.8 Å². The second-order valence-electron chi connectivity index (χ2n) is 9.76. The zero-order valence-electron chi connectivity index (χ0n) is 22.0. The lowest BCUT2D eigenvalue weighted by atomic mass is 9.79. The number of nitrogens with two attached hydrogens (primary N) is 1. The zero-order valence-corrected chi connectivity index (χ0v) is 23.6. The quantitative estimate of drug-likeness (QED) is 0.389. The maximum atomic E-state index is 13.0. The van der Waals surface area contributed by atoms with Crippen molar-refractivity contribution in [2.75, 3.05) is 7.11 Å². The van der Waals surface area contributed by atoms with Crippen LogP contribution in [0.5, 0.6) is 17.2 Å². The molecule has 12 heteroatoms. The Kier molecular flexibility index (Phi) is 7.96. The highest BCUT2D eigenvalue weighted by Crippen LogP contribution is 2.36. The molecule has 0 atom stereocenters. The molecule has 0 aliphatic heterocycles. The fourth-order valence-corrected chi connectivity index (χ4v) is 5.12. The van der Waals surface area contributed by atoms with Gasteiger partial charge in [-0.3, -0.25) is 14.6 Å². The largest absolute Gasteiger partial charge is 0.496 e. The van der Waals surface area contributed by atoms with Crippen LogP contribution >= 0.6 is 15.9 Å². The molecule has 0 unspecified atom stereocenters. The van der Waals surface area contributed by atoms with E-state index in [0.29, 0.717) is 52.8 Å². The first kappa shape index (κ1) is 28.1. The summed E-state index contributed by atoms with van der Waals surface area (Å²) in [7, 11) is 1.57. The maximum Gasteiger partial charge on any atom is 0.365 e. The van der Waals surface area contributed by atoms with E-state index in [-0.39, 0.29) is 12.8 Å². The van der Waals surface area contributed by atoms with E-state index in [2.05, 4.69) is 26.0 Å². The van der Waals surface area contributed by atoms with Gasteiger partial charge in [-0.05, 0) is 103 Å². The Morgan fingerprint density at radius 2 is 1.77 bits per heavy atom. The molecule has 0 bridgehead atoms. The fourth-order valence-electron chi connectivity index (χ4n) is 4.60. The summed E-state index contributed by atoms with van der Waals surface area (Å²) in [6.07, 6.45) is 1.77. The average Bonchev–Trinajstić information content (AvgIpc) is 2.87. The number of amides is 1. The van der Waals surface area contributed by atoms with E-state index in [4.69, 9.17) is 19.9 Å². The monoisotopic (exact) mass is 600 g/mol. The van der Waals surface area contributed by atoms with Gasteiger partial charge in [0.1, 0.15) is 17.2 Å². The smallest absolute Gasteiger partial charge is 0.365 e. The lowest BCUT2D eigenvalue weighted by Gasteiger charge is -2.35. The van der Waals surface area contributed by atoms with Crippen LogP contribution in [0.25, 0.3) is 5.69 Å². The van der Waals surface area contributed by atoms with Crippen LogP contribution < -0.4 is 26.5 Å². The highest BCUT2D eigenvalue weighted by atomic mass is 79.9. The van der Waals surface area contributed by atoms with Crippen molar-refractivity contribution in [1.29, 1.82) is 0 Å². The second kappa shape index (κ2) is 11.0. The van der Waals surface area contributed by atoms with Crippen LogP contribution in [0.3, 0.4) is 0 Å². The van der Waals surface area contributed by atoms with Crippen molar-refractivity contribution >= 4 is 27.8 Å². The SMILES string of the molecule is COc1ccc(Oc2c(C)cc(-n3nc(C(=O)OC4(C(N)=O)CCC(C)CC4)c(=O)[nH]c3=O)cc2C)cc1Br. The lowest BCUT2D eigenvalue weighted by molar-refractivity contribution is -0.141. The number of halogens is 1. The summed E-state index contributed by atoms with van der Waals surface area (Å²) in [5.41, 5.74) is 3.16. The summed E-state index contributed by atoms with van der Waals surface area (Å²) in [4.78, 5) is 52.6. The van der Waals surface area contributed by atoms with Crippen molar-refractivity contribution in [3.63, 3.8) is 0 Å². The molecule has 1 saturated carbocycles. The summed E-state index contributed by atoms with van der Waals surface area (Å²) in [5.74, 6) is 0.220. The zero-order chi connectivity index (χ0) is 28.5. The Hall–Kier alpha value is -3.93. The Labute approximate surface area is 232 Å². The number of nitrogens with zero attached hydrogens (tertiary/aromatic N) is 2. The first-order valence-electron chi connectivity index (χ1n) is 12.3. The molecule has 0 saturated heterocycles. The summed E-state index contributed by atoms with van der Waals surface area (Å²) in [6.45, 7) is 5.61. The number of carbonyl (C=O) groups is 2. The molecular weight excluding hydrogens is 572 g/mol. The van der Waals surface area contributed by atoms with Gasteiger partial charge >= 0.3 is 11.7 Å². The molecule has 11 nitrogen and oxygen atoms in total. The molecule has 39 heavy (non-hydrogen) atoms. The van der Waals surface area contributed by atoms with Gasteiger partial charge in [0.2, 0.25) is 5.69 Å². The number of esters is 1. The molecule has 1 aliphatic carbocycles. The first-order chi connectivity index (χ1) is 18.4. The minimum atomic E-state index is -1.53. The molecule has 3 N–H and O–H groups in total. The number of hydrogen-bond acceptors (Lipinski definition) is 8. The number of rotatable bonds is 7. The van der Waals surface area contributed by atoms with Gasteiger partial charge in [-0.1, -0.05) is 6.92 Å². The van der Waals surface area contributed by atoms with Crippen molar-refractivity contribution in [3.8, 4) is 22.9 Å². The number of methoxy groups -OCH3 is 1. The number of aromatic amines is 1. The molecular formula is C27H29BrN4O7. The van der Waals surface area contributed by atoms with Gasteiger partial charge in [-0.2, -0.15) is 9.78 Å². The molecule has 2 aromatic carbocycles. The van der Waals surface area contributed by atoms with E-state index in [1.54, 1.807) is 51.3 Å². The fraction of sp³-hybridized carbons (Fsp3) is 0.370. The number of carbonyl (C=O) groups excluding carboxylic acids is 2. The number of aryl methyl sites for hydroxylation is 2. The van der Waals surface area contributed by atoms with Crippen LogP contribution in [-0.2, 0) is 9.53 Å². The van der Waals surface area contributed by atoms with Crippen LogP contribution in [0.2, 0.25) is 0 Å². The minimum Gasteiger partial charge on any atom is -0.496 e. The Morgan fingerprint density at radius 3 is 2.33 bits per heavy atom. The third-order valence-corrected chi connectivity index (χ3v) is 7.49. The van der Waals surface area contributed by atoms with Crippen LogP contribution in [0.4, 0.5) is 0 Å². The molecule has 206 valence electrons. The molecule has 3 aromatic rings. The number of primary amides is 1. The van der Waals surface area contributed by atoms with Crippen molar-refractivity contribution < 1.29 is 23.8 Å². The van der Waals surface area contributed by atoms with E-state index >= 15 is 0 Å². The summed E-state index contributed by atoms with van der Waals surface area (Å²) >= 11 is 3.43. The summed E-state index contributed by atoms with van der Waals surface area (Å²) < 4.78 is 18.4. The number of benzene rings is 2. The predicted octanol–water partition coefficient (Wildman–Crippen LogP) is 3.69. The third-order valence-electron chi connectivity index (χ3n) is 6.87. The first-order valence-corrected chi connectivity index (χ1v) is 13.1. The Bertz CT molecular complexity index is 1530.